The van der Waals surface area contributed by atoms with E-state index in [9.17, 15) is 13.2 Å². The first kappa shape index (κ1) is 15.6. The number of benzene rings is 1. The van der Waals surface area contributed by atoms with Crippen molar-refractivity contribution in [3.05, 3.63) is 18.2 Å². The van der Waals surface area contributed by atoms with E-state index in [4.69, 9.17) is 5.73 Å². The topological polar surface area (TPSA) is 95.7 Å². The molecule has 1 aromatic carbocycles. The van der Waals surface area contributed by atoms with E-state index in [-0.39, 0.29) is 16.5 Å². The molecule has 2 rings (SSSR count). The highest BCUT2D eigenvalue weighted by Gasteiger charge is 2.21. The number of carbonyl (C=O) groups excluding carboxylic acids is 1. The number of amides is 1. The van der Waals surface area contributed by atoms with Crippen molar-refractivity contribution in [2.24, 2.45) is 0 Å². The lowest BCUT2D eigenvalue weighted by Crippen LogP contribution is -2.48. The molecule has 0 atom stereocenters. The maximum atomic E-state index is 11.8. The minimum absolute atomic E-state index is 0.0737. The predicted molar refractivity (Wildman–Crippen MR) is 81.6 cm³/mol. The van der Waals surface area contributed by atoms with Crippen molar-refractivity contribution < 1.29 is 13.2 Å². The van der Waals surface area contributed by atoms with Crippen LogP contribution in [-0.4, -0.2) is 52.5 Å². The molecular weight excluding hydrogens is 292 g/mol. The number of nitrogens with zero attached hydrogens (tertiary/aromatic N) is 2. The fourth-order valence-electron chi connectivity index (χ4n) is 2.37. The van der Waals surface area contributed by atoms with Gasteiger partial charge in [0.25, 0.3) is 0 Å². The standard InChI is InChI=1S/C13H20N4O3S/c1-10(18)16-5-7-17(8-6-16)11-3-4-13(12(14)9-11)21(19,20)15-2/h3-4,9,15H,5-8,14H2,1-2H3. The molecule has 0 unspecified atom stereocenters. The second-order valence-corrected chi connectivity index (χ2v) is 6.78. The van der Waals surface area contributed by atoms with Gasteiger partial charge in [-0.3, -0.25) is 4.79 Å². The van der Waals surface area contributed by atoms with Crippen molar-refractivity contribution in [2.75, 3.05) is 43.9 Å². The zero-order valence-electron chi connectivity index (χ0n) is 12.2. The normalized spacial score (nSPS) is 16.1. The second-order valence-electron chi connectivity index (χ2n) is 4.92. The number of anilines is 2. The molecule has 0 aromatic heterocycles. The molecule has 0 saturated carbocycles. The Morgan fingerprint density at radius 3 is 2.33 bits per heavy atom. The number of hydrogen-bond donors (Lipinski definition) is 2. The Kier molecular flexibility index (Phi) is 4.38. The van der Waals surface area contributed by atoms with E-state index < -0.39 is 10.0 Å². The summed E-state index contributed by atoms with van der Waals surface area (Å²) in [6.07, 6.45) is 0. The third-order valence-electron chi connectivity index (χ3n) is 3.64. The third kappa shape index (κ3) is 3.27. The SMILES string of the molecule is CNS(=O)(=O)c1ccc(N2CCN(C(C)=O)CC2)cc1N. The number of rotatable bonds is 3. The summed E-state index contributed by atoms with van der Waals surface area (Å²) < 4.78 is 25.8. The molecular formula is C13H20N4O3S. The van der Waals surface area contributed by atoms with Crippen molar-refractivity contribution in [3.63, 3.8) is 0 Å². The van der Waals surface area contributed by atoms with Crippen LogP contribution in [0.3, 0.4) is 0 Å². The van der Waals surface area contributed by atoms with Crippen molar-refractivity contribution in [3.8, 4) is 0 Å². The van der Waals surface area contributed by atoms with Crippen LogP contribution in [0.15, 0.2) is 23.1 Å². The van der Waals surface area contributed by atoms with Crippen LogP contribution in [0, 0.1) is 0 Å². The van der Waals surface area contributed by atoms with E-state index >= 15 is 0 Å². The smallest absolute Gasteiger partial charge is 0.242 e. The van der Waals surface area contributed by atoms with Gasteiger partial charge in [-0.05, 0) is 25.2 Å². The van der Waals surface area contributed by atoms with Crippen LogP contribution in [0.25, 0.3) is 0 Å². The van der Waals surface area contributed by atoms with Gasteiger partial charge in [-0.1, -0.05) is 0 Å². The van der Waals surface area contributed by atoms with Crippen molar-refractivity contribution in [2.45, 2.75) is 11.8 Å². The number of nitrogens with one attached hydrogen (secondary N) is 1. The number of nitrogens with two attached hydrogens (primary N) is 1. The molecule has 0 radical (unpaired) electrons. The van der Waals surface area contributed by atoms with Crippen LogP contribution in [0.1, 0.15) is 6.92 Å². The van der Waals surface area contributed by atoms with Crippen molar-refractivity contribution in [1.29, 1.82) is 0 Å². The molecule has 3 N–H and O–H groups in total. The molecule has 0 spiro atoms. The number of carbonyl (C=O) groups is 1. The molecule has 116 valence electrons. The van der Waals surface area contributed by atoms with Gasteiger partial charge < -0.3 is 15.5 Å². The van der Waals surface area contributed by atoms with Gasteiger partial charge in [0.2, 0.25) is 15.9 Å². The summed E-state index contributed by atoms with van der Waals surface area (Å²) >= 11 is 0. The fourth-order valence-corrected chi connectivity index (χ4v) is 3.20. The van der Waals surface area contributed by atoms with E-state index in [0.29, 0.717) is 26.2 Å². The first-order valence-electron chi connectivity index (χ1n) is 6.68. The van der Waals surface area contributed by atoms with Gasteiger partial charge in [-0.2, -0.15) is 0 Å². The molecule has 1 fully saturated rings. The predicted octanol–water partition coefficient (Wildman–Crippen LogP) is -0.155. The molecule has 0 aliphatic carbocycles. The van der Waals surface area contributed by atoms with Gasteiger partial charge in [0.05, 0.1) is 5.69 Å². The molecule has 8 heteroatoms. The Morgan fingerprint density at radius 2 is 1.86 bits per heavy atom. The highest BCUT2D eigenvalue weighted by Crippen LogP contribution is 2.25. The van der Waals surface area contributed by atoms with Crippen molar-refractivity contribution >= 4 is 27.3 Å². The van der Waals surface area contributed by atoms with E-state index in [1.165, 1.54) is 13.1 Å². The molecule has 0 bridgehead atoms. The first-order valence-corrected chi connectivity index (χ1v) is 8.17. The minimum atomic E-state index is -3.54. The van der Waals surface area contributed by atoms with Gasteiger partial charge in [0, 0.05) is 38.8 Å². The van der Waals surface area contributed by atoms with Crippen LogP contribution in [0.5, 0.6) is 0 Å². The maximum absolute atomic E-state index is 11.8. The van der Waals surface area contributed by atoms with Crippen molar-refractivity contribution in [1.82, 2.24) is 9.62 Å². The first-order chi connectivity index (χ1) is 9.85. The van der Waals surface area contributed by atoms with Gasteiger partial charge in [-0.15, -0.1) is 0 Å². The summed E-state index contributed by atoms with van der Waals surface area (Å²) in [6, 6.07) is 4.91. The second kappa shape index (κ2) is 5.90. The van der Waals surface area contributed by atoms with Crippen LogP contribution in [-0.2, 0) is 14.8 Å². The summed E-state index contributed by atoms with van der Waals surface area (Å²) in [4.78, 5) is 15.3. The largest absolute Gasteiger partial charge is 0.398 e. The number of piperazine rings is 1. The molecule has 7 nitrogen and oxygen atoms in total. The molecule has 21 heavy (non-hydrogen) atoms. The molecule has 1 aromatic rings. The zero-order valence-corrected chi connectivity index (χ0v) is 13.0. The molecule has 1 saturated heterocycles. The Balaban J connectivity index is 2.17. The lowest BCUT2D eigenvalue weighted by Gasteiger charge is -2.35. The Bertz CT molecular complexity index is 637. The monoisotopic (exact) mass is 312 g/mol. The quantitative estimate of drug-likeness (QED) is 0.757. The van der Waals surface area contributed by atoms with Gasteiger partial charge in [-0.25, -0.2) is 13.1 Å². The maximum Gasteiger partial charge on any atom is 0.242 e. The number of sulfonamides is 1. The van der Waals surface area contributed by atoms with E-state index in [0.717, 1.165) is 5.69 Å². The highest BCUT2D eigenvalue weighted by atomic mass is 32.2. The number of nitrogen functional groups attached to an aromatic ring is 1. The summed E-state index contributed by atoms with van der Waals surface area (Å²) in [7, 11) is -2.19. The number of hydrogen-bond acceptors (Lipinski definition) is 5. The van der Waals surface area contributed by atoms with Crippen LogP contribution >= 0.6 is 0 Å². The minimum Gasteiger partial charge on any atom is -0.398 e. The van der Waals surface area contributed by atoms with E-state index in [1.54, 1.807) is 24.0 Å². The van der Waals surface area contributed by atoms with Crippen LogP contribution in [0.4, 0.5) is 11.4 Å². The molecule has 1 heterocycles. The van der Waals surface area contributed by atoms with Gasteiger partial charge in [0.1, 0.15) is 4.90 Å². The van der Waals surface area contributed by atoms with E-state index in [2.05, 4.69) is 9.62 Å². The summed E-state index contributed by atoms with van der Waals surface area (Å²) in [5.41, 5.74) is 6.94. The third-order valence-corrected chi connectivity index (χ3v) is 5.13. The lowest BCUT2D eigenvalue weighted by atomic mass is 10.2. The Labute approximate surface area is 124 Å². The van der Waals surface area contributed by atoms with E-state index in [1.807, 2.05) is 0 Å². The lowest BCUT2D eigenvalue weighted by molar-refractivity contribution is -0.129. The summed E-state index contributed by atoms with van der Waals surface area (Å²) in [5, 5.41) is 0. The molecule has 1 aliphatic rings. The van der Waals surface area contributed by atoms with Crippen LogP contribution < -0.4 is 15.4 Å². The van der Waals surface area contributed by atoms with Crippen LogP contribution in [0.2, 0.25) is 0 Å². The summed E-state index contributed by atoms with van der Waals surface area (Å²) in [5.74, 6) is 0.0737. The average molecular weight is 312 g/mol. The zero-order chi connectivity index (χ0) is 15.6. The molecule has 1 aliphatic heterocycles. The van der Waals surface area contributed by atoms with Gasteiger partial charge in [0.15, 0.2) is 0 Å². The van der Waals surface area contributed by atoms with Gasteiger partial charge >= 0.3 is 0 Å². The Hall–Kier alpha value is -1.80. The highest BCUT2D eigenvalue weighted by molar-refractivity contribution is 7.89. The average Bonchev–Trinajstić information content (AvgIpc) is 2.47. The summed E-state index contributed by atoms with van der Waals surface area (Å²) in [6.45, 7) is 4.29. The fraction of sp³-hybridized carbons (Fsp3) is 0.462. The Morgan fingerprint density at radius 1 is 1.24 bits per heavy atom. The molecule has 1 amide bonds.